The van der Waals surface area contributed by atoms with Crippen LogP contribution in [0.5, 0.6) is 0 Å². The van der Waals surface area contributed by atoms with Gasteiger partial charge in [-0.2, -0.15) is 0 Å². The molecule has 0 N–H and O–H groups in total. The van der Waals surface area contributed by atoms with Crippen molar-refractivity contribution < 1.29 is 0 Å². The third kappa shape index (κ3) is 5.95. The van der Waals surface area contributed by atoms with Crippen LogP contribution in [0.3, 0.4) is 0 Å². The Morgan fingerprint density at radius 2 is 0.636 bits per heavy atom. The van der Waals surface area contributed by atoms with Gasteiger partial charge in [0.05, 0.1) is 22.1 Å². The van der Waals surface area contributed by atoms with Crippen LogP contribution in [-0.4, -0.2) is 9.13 Å². The second kappa shape index (κ2) is 14.7. The average molecular weight is 843 g/mol. The summed E-state index contributed by atoms with van der Waals surface area (Å²) in [6, 6.07) is 83.2. The first-order valence-corrected chi connectivity index (χ1v) is 23.1. The van der Waals surface area contributed by atoms with E-state index in [0.29, 0.717) is 0 Å². The lowest BCUT2D eigenvalue weighted by Gasteiger charge is -2.22. The predicted molar refractivity (Wildman–Crippen MR) is 279 cm³/mol. The second-order valence-corrected chi connectivity index (χ2v) is 18.6. The fourth-order valence-corrected chi connectivity index (χ4v) is 10.9. The van der Waals surface area contributed by atoms with Gasteiger partial charge in [-0.1, -0.05) is 171 Å². The lowest BCUT2D eigenvalue weighted by Crippen LogP contribution is -2.15. The Morgan fingerprint density at radius 3 is 1.09 bits per heavy atom. The van der Waals surface area contributed by atoms with E-state index in [9.17, 15) is 0 Å². The minimum Gasteiger partial charge on any atom is -0.309 e. The number of hydrogen-bond donors (Lipinski definition) is 0. The highest BCUT2D eigenvalue weighted by molar-refractivity contribution is 6.11. The zero-order valence-corrected chi connectivity index (χ0v) is 37.3. The van der Waals surface area contributed by atoms with Crippen molar-refractivity contribution in [1.82, 2.24) is 9.13 Å². The summed E-state index contributed by atoms with van der Waals surface area (Å²) in [5.74, 6) is 0. The van der Waals surface area contributed by atoms with Gasteiger partial charge >= 0.3 is 0 Å². The maximum atomic E-state index is 2.43. The smallest absolute Gasteiger partial charge is 0.0541 e. The molecule has 0 amide bonds. The Morgan fingerprint density at radius 1 is 0.288 bits per heavy atom. The summed E-state index contributed by atoms with van der Waals surface area (Å²) >= 11 is 0. The van der Waals surface area contributed by atoms with Gasteiger partial charge in [0.15, 0.2) is 0 Å². The van der Waals surface area contributed by atoms with Crippen LogP contribution in [0.15, 0.2) is 224 Å². The minimum absolute atomic E-state index is 0.141. The van der Waals surface area contributed by atoms with E-state index in [1.807, 2.05) is 0 Å². The number of nitrogens with zero attached hydrogens (tertiary/aromatic N) is 2. The van der Waals surface area contributed by atoms with Gasteiger partial charge in [-0.25, -0.2) is 0 Å². The molecule has 12 aromatic rings. The van der Waals surface area contributed by atoms with Gasteiger partial charge in [0, 0.05) is 38.3 Å². The molecule has 0 atom stereocenters. The van der Waals surface area contributed by atoms with E-state index in [2.05, 4.69) is 254 Å². The van der Waals surface area contributed by atoms with Crippen LogP contribution in [0.1, 0.15) is 30.5 Å². The minimum atomic E-state index is -0.141. The molecule has 66 heavy (non-hydrogen) atoms. The Hall–Kier alpha value is -8.20. The molecule has 13 rings (SSSR count). The molecule has 2 aromatic heterocycles. The van der Waals surface area contributed by atoms with Crippen molar-refractivity contribution in [2.24, 2.45) is 0 Å². The molecule has 1 aliphatic rings. The van der Waals surface area contributed by atoms with Gasteiger partial charge in [-0.05, 0) is 146 Å². The molecule has 312 valence electrons. The molecule has 0 unspecified atom stereocenters. The largest absolute Gasteiger partial charge is 0.309 e. The van der Waals surface area contributed by atoms with E-state index >= 15 is 0 Å². The maximum Gasteiger partial charge on any atom is 0.0541 e. The van der Waals surface area contributed by atoms with Crippen molar-refractivity contribution in [3.63, 3.8) is 0 Å². The normalized spacial score (nSPS) is 12.9. The van der Waals surface area contributed by atoms with E-state index < -0.39 is 0 Å². The molecule has 0 saturated carbocycles. The number of fused-ring (bicyclic) bond motifs is 9. The van der Waals surface area contributed by atoms with E-state index in [-0.39, 0.29) is 5.41 Å². The number of benzene rings is 10. The topological polar surface area (TPSA) is 9.86 Å². The molecule has 2 heteroatoms. The molecule has 0 saturated heterocycles. The highest BCUT2D eigenvalue weighted by Crippen LogP contribution is 2.51. The van der Waals surface area contributed by atoms with Crippen LogP contribution in [-0.2, 0) is 5.41 Å². The first kappa shape index (κ1) is 38.3. The van der Waals surface area contributed by atoms with Crippen LogP contribution in [0.25, 0.3) is 111 Å². The molecule has 1 aliphatic carbocycles. The first-order chi connectivity index (χ1) is 32.4. The quantitative estimate of drug-likeness (QED) is 0.158. The van der Waals surface area contributed by atoms with Gasteiger partial charge in [0.25, 0.3) is 0 Å². The monoisotopic (exact) mass is 842 g/mol. The fraction of sp³-hybridized carbons (Fsp3) is 0.0625. The lowest BCUT2D eigenvalue weighted by molar-refractivity contribution is 0.661. The molecule has 10 aromatic carbocycles. The number of para-hydroxylation sites is 3. The Labute approximate surface area is 385 Å². The molecular formula is C64H46N2. The van der Waals surface area contributed by atoms with Crippen molar-refractivity contribution in [2.45, 2.75) is 26.2 Å². The number of aromatic nitrogens is 2. The molecule has 0 aliphatic heterocycles. The lowest BCUT2D eigenvalue weighted by atomic mass is 9.80. The van der Waals surface area contributed by atoms with E-state index in [0.717, 1.165) is 0 Å². The van der Waals surface area contributed by atoms with Crippen molar-refractivity contribution in [1.29, 1.82) is 0 Å². The SMILES string of the molecule is Cc1ccc(-n2c3ccccc3c3cc(-c4ccc(-c5ccc6c(c5)C(C)(C)c5cc(-c7ccc(-c8ccc9c(c8)c8ccccc8n9-c8ccccc8)cc7)ccc5-6)cc4)ccc32)cc1. The van der Waals surface area contributed by atoms with Gasteiger partial charge in [-0.3, -0.25) is 0 Å². The molecule has 0 fully saturated rings. The van der Waals surface area contributed by atoms with Crippen LogP contribution in [0, 0.1) is 6.92 Å². The van der Waals surface area contributed by atoms with Gasteiger partial charge < -0.3 is 9.13 Å². The summed E-state index contributed by atoms with van der Waals surface area (Å²) in [7, 11) is 0. The van der Waals surface area contributed by atoms with Crippen molar-refractivity contribution in [2.75, 3.05) is 0 Å². The van der Waals surface area contributed by atoms with E-state index in [1.54, 1.807) is 0 Å². The summed E-state index contributed by atoms with van der Waals surface area (Å²) in [5, 5.41) is 5.08. The van der Waals surface area contributed by atoms with Crippen molar-refractivity contribution in [3.8, 4) is 67.0 Å². The molecule has 0 radical (unpaired) electrons. The van der Waals surface area contributed by atoms with Crippen LogP contribution in [0.4, 0.5) is 0 Å². The summed E-state index contributed by atoms with van der Waals surface area (Å²) in [6.45, 7) is 6.91. The molecule has 0 bridgehead atoms. The Bertz CT molecular complexity index is 3860. The summed E-state index contributed by atoms with van der Waals surface area (Å²) in [5.41, 5.74) is 23.6. The number of rotatable bonds is 6. The molecule has 2 heterocycles. The summed E-state index contributed by atoms with van der Waals surface area (Å²) < 4.78 is 4.76. The molecule has 2 nitrogen and oxygen atoms in total. The second-order valence-electron chi connectivity index (χ2n) is 18.6. The fourth-order valence-electron chi connectivity index (χ4n) is 10.9. The van der Waals surface area contributed by atoms with Crippen LogP contribution >= 0.6 is 0 Å². The van der Waals surface area contributed by atoms with E-state index in [1.165, 1.54) is 127 Å². The predicted octanol–water partition coefficient (Wildman–Crippen LogP) is 17.2. The highest BCUT2D eigenvalue weighted by atomic mass is 15.0. The summed E-state index contributed by atoms with van der Waals surface area (Å²) in [4.78, 5) is 0. The van der Waals surface area contributed by atoms with E-state index in [4.69, 9.17) is 0 Å². The maximum absolute atomic E-state index is 2.43. The van der Waals surface area contributed by atoms with Crippen molar-refractivity contribution >= 4 is 43.6 Å². The van der Waals surface area contributed by atoms with Gasteiger partial charge in [0.2, 0.25) is 0 Å². The Kier molecular flexibility index (Phi) is 8.51. The first-order valence-electron chi connectivity index (χ1n) is 23.1. The summed E-state index contributed by atoms with van der Waals surface area (Å²) in [6.07, 6.45) is 0. The molecular weight excluding hydrogens is 797 g/mol. The Balaban J connectivity index is 0.777. The number of aryl methyl sites for hydroxylation is 1. The molecule has 0 spiro atoms. The number of hydrogen-bond acceptors (Lipinski definition) is 0. The van der Waals surface area contributed by atoms with Crippen molar-refractivity contribution in [3.05, 3.63) is 241 Å². The highest BCUT2D eigenvalue weighted by Gasteiger charge is 2.36. The third-order valence-corrected chi connectivity index (χ3v) is 14.4. The average Bonchev–Trinajstić information content (AvgIpc) is 3.96. The third-order valence-electron chi connectivity index (χ3n) is 14.4. The van der Waals surface area contributed by atoms with Crippen LogP contribution < -0.4 is 0 Å². The van der Waals surface area contributed by atoms with Crippen LogP contribution in [0.2, 0.25) is 0 Å². The van der Waals surface area contributed by atoms with Gasteiger partial charge in [0.1, 0.15) is 0 Å². The standard InChI is InChI=1S/C64H46N2/c1-41-17-31-51(32-18-41)66-61-16-10-8-14-55(61)57-38-47(30-36-63(57)66)43-21-25-45(26-22-43)49-28-34-53-52-33-27-48(39-58(52)64(2,3)59(53)40-49)44-23-19-42(20-24-44)46-29-35-62-56(37-46)54-13-7-9-15-60(54)65(62)50-11-5-4-6-12-50/h4-40H,1-3H3. The zero-order chi connectivity index (χ0) is 44.1. The van der Waals surface area contributed by atoms with Gasteiger partial charge in [-0.15, -0.1) is 0 Å². The zero-order valence-electron chi connectivity index (χ0n) is 37.3.